The molecule has 0 aliphatic carbocycles. The first kappa shape index (κ1) is 15.2. The van der Waals surface area contributed by atoms with Gasteiger partial charge in [-0.3, -0.25) is 4.79 Å². The van der Waals surface area contributed by atoms with Crippen molar-refractivity contribution < 1.29 is 14.4 Å². The SMILES string of the molecule is CCC(C(=O)NCc1ccc(F)c(Cl)c1)C(N)=NO. The topological polar surface area (TPSA) is 87.7 Å². The summed E-state index contributed by atoms with van der Waals surface area (Å²) in [7, 11) is 0. The van der Waals surface area contributed by atoms with Gasteiger partial charge in [0.2, 0.25) is 5.91 Å². The van der Waals surface area contributed by atoms with E-state index < -0.39 is 11.7 Å². The normalized spacial score (nSPS) is 13.1. The summed E-state index contributed by atoms with van der Waals surface area (Å²) < 4.78 is 13.0. The second kappa shape index (κ2) is 6.94. The lowest BCUT2D eigenvalue weighted by atomic mass is 10.0. The summed E-state index contributed by atoms with van der Waals surface area (Å²) in [6.45, 7) is 1.94. The van der Waals surface area contributed by atoms with Gasteiger partial charge in [0.05, 0.1) is 10.9 Å². The quantitative estimate of drug-likeness (QED) is 0.334. The summed E-state index contributed by atoms with van der Waals surface area (Å²) in [5.41, 5.74) is 6.07. The first-order valence-corrected chi connectivity index (χ1v) is 6.06. The van der Waals surface area contributed by atoms with Gasteiger partial charge in [0.15, 0.2) is 5.84 Å². The molecule has 7 heteroatoms. The molecule has 1 amide bonds. The molecule has 1 rings (SSSR count). The second-order valence-electron chi connectivity index (χ2n) is 3.95. The Hall–Kier alpha value is -1.82. The van der Waals surface area contributed by atoms with E-state index in [1.807, 2.05) is 0 Å². The van der Waals surface area contributed by atoms with Gasteiger partial charge in [0, 0.05) is 6.54 Å². The van der Waals surface area contributed by atoms with Gasteiger partial charge in [-0.05, 0) is 24.1 Å². The van der Waals surface area contributed by atoms with Crippen molar-refractivity contribution in [3.63, 3.8) is 0 Å². The summed E-state index contributed by atoms with van der Waals surface area (Å²) in [6.07, 6.45) is 0.409. The summed E-state index contributed by atoms with van der Waals surface area (Å²) in [5.74, 6) is -1.71. The molecular formula is C12H15ClFN3O2. The molecule has 0 spiro atoms. The van der Waals surface area contributed by atoms with Crippen molar-refractivity contribution in [3.8, 4) is 0 Å². The summed E-state index contributed by atoms with van der Waals surface area (Å²) in [5, 5.41) is 14.0. The molecule has 0 aliphatic heterocycles. The number of nitrogens with two attached hydrogens (primary N) is 1. The van der Waals surface area contributed by atoms with Gasteiger partial charge < -0.3 is 16.3 Å². The molecule has 4 N–H and O–H groups in total. The van der Waals surface area contributed by atoms with Crippen molar-refractivity contribution in [1.29, 1.82) is 0 Å². The Balaban J connectivity index is 2.65. The minimum Gasteiger partial charge on any atom is -0.409 e. The molecule has 1 atom stereocenters. The van der Waals surface area contributed by atoms with Crippen LogP contribution in [0.25, 0.3) is 0 Å². The maximum atomic E-state index is 13.0. The fourth-order valence-corrected chi connectivity index (χ4v) is 1.76. The van der Waals surface area contributed by atoms with Crippen LogP contribution in [0.1, 0.15) is 18.9 Å². The Labute approximate surface area is 115 Å². The molecule has 0 aliphatic rings. The smallest absolute Gasteiger partial charge is 0.231 e. The number of amidine groups is 1. The number of nitrogens with one attached hydrogen (secondary N) is 1. The zero-order valence-electron chi connectivity index (χ0n) is 10.4. The molecule has 104 valence electrons. The van der Waals surface area contributed by atoms with Gasteiger partial charge in [-0.25, -0.2) is 4.39 Å². The monoisotopic (exact) mass is 287 g/mol. The summed E-state index contributed by atoms with van der Waals surface area (Å²) >= 11 is 5.63. The van der Waals surface area contributed by atoms with Crippen LogP contribution in [0.5, 0.6) is 0 Å². The van der Waals surface area contributed by atoms with E-state index in [1.54, 1.807) is 6.92 Å². The van der Waals surface area contributed by atoms with Crippen LogP contribution in [-0.4, -0.2) is 17.0 Å². The number of amides is 1. The van der Waals surface area contributed by atoms with Crippen LogP contribution in [0.4, 0.5) is 4.39 Å². The Kier molecular flexibility index (Phi) is 5.57. The molecule has 1 aromatic carbocycles. The molecule has 0 aromatic heterocycles. The standard InChI is InChI=1S/C12H15ClFN3O2/c1-2-8(11(15)17-19)12(18)16-6-7-3-4-10(14)9(13)5-7/h3-5,8,19H,2,6H2,1H3,(H2,15,17)(H,16,18). The number of hydrogen-bond donors (Lipinski definition) is 3. The maximum Gasteiger partial charge on any atom is 0.231 e. The van der Waals surface area contributed by atoms with Gasteiger partial charge >= 0.3 is 0 Å². The Morgan fingerprint density at radius 2 is 2.32 bits per heavy atom. The summed E-state index contributed by atoms with van der Waals surface area (Å²) in [6, 6.07) is 4.18. The molecule has 1 unspecified atom stereocenters. The number of benzene rings is 1. The zero-order valence-corrected chi connectivity index (χ0v) is 11.1. The average molecular weight is 288 g/mol. The maximum absolute atomic E-state index is 13.0. The van der Waals surface area contributed by atoms with Crippen LogP contribution < -0.4 is 11.1 Å². The third-order valence-corrected chi connectivity index (χ3v) is 2.94. The lowest BCUT2D eigenvalue weighted by Gasteiger charge is -2.13. The average Bonchev–Trinajstić information content (AvgIpc) is 2.40. The molecule has 0 fully saturated rings. The van der Waals surface area contributed by atoms with Crippen LogP contribution >= 0.6 is 11.6 Å². The highest BCUT2D eigenvalue weighted by Crippen LogP contribution is 2.16. The third kappa shape index (κ3) is 4.10. The third-order valence-electron chi connectivity index (χ3n) is 2.65. The van der Waals surface area contributed by atoms with Gasteiger partial charge in [-0.2, -0.15) is 0 Å². The molecule has 0 heterocycles. The molecule has 5 nitrogen and oxygen atoms in total. The zero-order chi connectivity index (χ0) is 14.4. The van der Waals surface area contributed by atoms with Crippen LogP contribution in [0.2, 0.25) is 5.02 Å². The highest BCUT2D eigenvalue weighted by molar-refractivity contribution is 6.30. The number of nitrogens with zero attached hydrogens (tertiary/aromatic N) is 1. The van der Waals surface area contributed by atoms with E-state index in [-0.39, 0.29) is 23.3 Å². The molecule has 0 radical (unpaired) electrons. The molecule has 0 saturated heterocycles. The van der Waals surface area contributed by atoms with Crippen molar-refractivity contribution in [1.82, 2.24) is 5.32 Å². The van der Waals surface area contributed by atoms with Gasteiger partial charge in [0.1, 0.15) is 5.82 Å². The first-order valence-electron chi connectivity index (χ1n) is 5.68. The molecule has 0 saturated carbocycles. The predicted molar refractivity (Wildman–Crippen MR) is 70.4 cm³/mol. The van der Waals surface area contributed by atoms with Crippen molar-refractivity contribution in [2.45, 2.75) is 19.9 Å². The lowest BCUT2D eigenvalue weighted by Crippen LogP contribution is -2.38. The van der Waals surface area contributed by atoms with Crippen molar-refractivity contribution in [3.05, 3.63) is 34.6 Å². The molecular weight excluding hydrogens is 273 g/mol. The Bertz CT molecular complexity index is 494. The lowest BCUT2D eigenvalue weighted by molar-refractivity contribution is -0.123. The van der Waals surface area contributed by atoms with Crippen LogP contribution in [0.3, 0.4) is 0 Å². The largest absolute Gasteiger partial charge is 0.409 e. The van der Waals surface area contributed by atoms with Crippen LogP contribution in [-0.2, 0) is 11.3 Å². The van der Waals surface area contributed by atoms with E-state index in [0.717, 1.165) is 0 Å². The van der Waals surface area contributed by atoms with Gasteiger partial charge in [-0.15, -0.1) is 0 Å². The predicted octanol–water partition coefficient (Wildman–Crippen LogP) is 1.87. The van der Waals surface area contributed by atoms with Crippen LogP contribution in [0.15, 0.2) is 23.4 Å². The number of oxime groups is 1. The van der Waals surface area contributed by atoms with Crippen molar-refractivity contribution in [2.24, 2.45) is 16.8 Å². The molecule has 19 heavy (non-hydrogen) atoms. The van der Waals surface area contributed by atoms with Crippen molar-refractivity contribution in [2.75, 3.05) is 0 Å². The fraction of sp³-hybridized carbons (Fsp3) is 0.333. The van der Waals surface area contributed by atoms with Crippen molar-refractivity contribution >= 4 is 23.3 Å². The van der Waals surface area contributed by atoms with E-state index in [2.05, 4.69) is 10.5 Å². The molecule has 1 aromatic rings. The van der Waals surface area contributed by atoms with E-state index in [1.165, 1.54) is 18.2 Å². The van der Waals surface area contributed by atoms with E-state index in [4.69, 9.17) is 22.5 Å². The number of carbonyl (C=O) groups is 1. The van der Waals surface area contributed by atoms with Gasteiger partial charge in [0.25, 0.3) is 0 Å². The Morgan fingerprint density at radius 3 is 2.84 bits per heavy atom. The number of rotatable bonds is 5. The van der Waals surface area contributed by atoms with E-state index in [9.17, 15) is 9.18 Å². The first-order chi connectivity index (χ1) is 8.99. The second-order valence-corrected chi connectivity index (χ2v) is 4.36. The number of hydrogen-bond acceptors (Lipinski definition) is 3. The summed E-state index contributed by atoms with van der Waals surface area (Å²) in [4.78, 5) is 11.8. The highest BCUT2D eigenvalue weighted by atomic mass is 35.5. The minimum absolute atomic E-state index is 0.00442. The number of halogens is 2. The van der Waals surface area contributed by atoms with Gasteiger partial charge in [-0.1, -0.05) is 29.7 Å². The number of carbonyl (C=O) groups excluding carboxylic acids is 1. The highest BCUT2D eigenvalue weighted by Gasteiger charge is 2.20. The van der Waals surface area contributed by atoms with E-state index in [0.29, 0.717) is 12.0 Å². The minimum atomic E-state index is -0.694. The fourth-order valence-electron chi connectivity index (χ4n) is 1.56. The van der Waals surface area contributed by atoms with E-state index >= 15 is 0 Å². The van der Waals surface area contributed by atoms with Crippen LogP contribution in [0, 0.1) is 11.7 Å². The Morgan fingerprint density at radius 1 is 1.63 bits per heavy atom. The molecule has 0 bridgehead atoms.